The molecule has 0 spiro atoms. The molecule has 3 nitrogen and oxygen atoms in total. The van der Waals surface area contributed by atoms with Crippen molar-refractivity contribution in [3.63, 3.8) is 0 Å². The van der Waals surface area contributed by atoms with E-state index in [0.717, 1.165) is 15.7 Å². The van der Waals surface area contributed by atoms with Gasteiger partial charge in [-0.15, -0.1) is 0 Å². The lowest BCUT2D eigenvalue weighted by molar-refractivity contribution is 0.248. The maximum Gasteiger partial charge on any atom is 0.173 e. The second-order valence-electron chi connectivity index (χ2n) is 4.57. The molecule has 0 saturated carbocycles. The van der Waals surface area contributed by atoms with Crippen LogP contribution in [-0.2, 0) is 6.54 Å². The van der Waals surface area contributed by atoms with Crippen molar-refractivity contribution in [1.29, 1.82) is 0 Å². The van der Waals surface area contributed by atoms with Gasteiger partial charge in [0.15, 0.2) is 5.11 Å². The molecular weight excluding hydrogens is 348 g/mol. The Morgan fingerprint density at radius 2 is 1.90 bits per heavy atom. The summed E-state index contributed by atoms with van der Waals surface area (Å²) in [6.45, 7) is 1.23. The molecule has 0 bridgehead atoms. The average molecular weight is 365 g/mol. The van der Waals surface area contributed by atoms with E-state index in [4.69, 9.17) is 12.2 Å². The summed E-state index contributed by atoms with van der Waals surface area (Å²) in [6, 6.07) is 17.9. The van der Waals surface area contributed by atoms with Gasteiger partial charge in [0.1, 0.15) is 0 Å². The van der Waals surface area contributed by atoms with Crippen LogP contribution in [0.4, 0.5) is 5.69 Å². The summed E-state index contributed by atoms with van der Waals surface area (Å²) in [4.78, 5) is 1.95. The lowest BCUT2D eigenvalue weighted by Crippen LogP contribution is -2.36. The van der Waals surface area contributed by atoms with Crippen molar-refractivity contribution in [2.24, 2.45) is 0 Å². The fraction of sp³-hybridized carbons (Fsp3) is 0.188. The number of benzene rings is 2. The molecule has 110 valence electrons. The lowest BCUT2D eigenvalue weighted by atomic mass is 10.2. The molecular formula is C16H17BrN2OS. The Labute approximate surface area is 138 Å². The first-order valence-corrected chi connectivity index (χ1v) is 7.85. The number of halogens is 1. The second kappa shape index (κ2) is 8.12. The highest BCUT2D eigenvalue weighted by molar-refractivity contribution is 9.10. The highest BCUT2D eigenvalue weighted by atomic mass is 79.9. The zero-order valence-electron chi connectivity index (χ0n) is 11.5. The number of aliphatic hydroxyl groups excluding tert-OH is 1. The van der Waals surface area contributed by atoms with Crippen molar-refractivity contribution in [1.82, 2.24) is 4.90 Å². The molecule has 0 heterocycles. The van der Waals surface area contributed by atoms with Gasteiger partial charge in [0.25, 0.3) is 0 Å². The number of hydrogen-bond acceptors (Lipinski definition) is 2. The molecule has 0 fully saturated rings. The monoisotopic (exact) mass is 364 g/mol. The van der Waals surface area contributed by atoms with E-state index in [1.165, 1.54) is 0 Å². The van der Waals surface area contributed by atoms with Crippen LogP contribution in [-0.4, -0.2) is 28.3 Å². The van der Waals surface area contributed by atoms with Crippen LogP contribution in [0.3, 0.4) is 0 Å². The average Bonchev–Trinajstić information content (AvgIpc) is 2.48. The van der Waals surface area contributed by atoms with Crippen LogP contribution in [0.2, 0.25) is 0 Å². The molecule has 0 atom stereocenters. The highest BCUT2D eigenvalue weighted by Gasteiger charge is 2.10. The van der Waals surface area contributed by atoms with Crippen molar-refractivity contribution in [3.05, 3.63) is 64.6 Å². The molecule has 5 heteroatoms. The first kappa shape index (κ1) is 15.9. The third-order valence-electron chi connectivity index (χ3n) is 2.95. The predicted octanol–water partition coefficient (Wildman–Crippen LogP) is 3.64. The minimum absolute atomic E-state index is 0.0626. The molecule has 2 rings (SSSR count). The Balaban J connectivity index is 2.05. The van der Waals surface area contributed by atoms with Gasteiger partial charge in [0.05, 0.1) is 6.61 Å². The van der Waals surface area contributed by atoms with Gasteiger partial charge in [-0.2, -0.15) is 0 Å². The number of hydrogen-bond donors (Lipinski definition) is 2. The summed E-state index contributed by atoms with van der Waals surface area (Å²) in [5, 5.41) is 13.0. The summed E-state index contributed by atoms with van der Waals surface area (Å²) < 4.78 is 0.993. The van der Waals surface area contributed by atoms with Gasteiger partial charge < -0.3 is 15.3 Å². The molecule has 2 aromatic rings. The summed E-state index contributed by atoms with van der Waals surface area (Å²) in [5.74, 6) is 0. The lowest BCUT2D eigenvalue weighted by Gasteiger charge is -2.25. The second-order valence-corrected chi connectivity index (χ2v) is 5.87. The van der Waals surface area contributed by atoms with Crippen LogP contribution in [0.5, 0.6) is 0 Å². The predicted molar refractivity (Wildman–Crippen MR) is 94.3 cm³/mol. The molecule has 0 aliphatic rings. The summed E-state index contributed by atoms with van der Waals surface area (Å²) in [5.41, 5.74) is 2.08. The van der Waals surface area contributed by atoms with Gasteiger partial charge in [-0.3, -0.25) is 0 Å². The summed E-state index contributed by atoms with van der Waals surface area (Å²) >= 11 is 8.89. The summed E-state index contributed by atoms with van der Waals surface area (Å²) in [6.07, 6.45) is 0. The van der Waals surface area contributed by atoms with Crippen molar-refractivity contribution in [2.45, 2.75) is 6.54 Å². The number of aliphatic hydroxyl groups is 1. The van der Waals surface area contributed by atoms with Crippen LogP contribution in [0, 0.1) is 0 Å². The zero-order valence-corrected chi connectivity index (χ0v) is 13.9. The van der Waals surface area contributed by atoms with Crippen LogP contribution < -0.4 is 5.32 Å². The molecule has 0 unspecified atom stereocenters. The van der Waals surface area contributed by atoms with Gasteiger partial charge in [0.2, 0.25) is 0 Å². The van der Waals surface area contributed by atoms with E-state index in [1.54, 1.807) is 0 Å². The number of anilines is 1. The fourth-order valence-corrected chi connectivity index (χ4v) is 2.62. The first-order chi connectivity index (χ1) is 10.2. The molecule has 0 radical (unpaired) electrons. The Morgan fingerprint density at radius 3 is 2.57 bits per heavy atom. The Kier molecular flexibility index (Phi) is 6.17. The summed E-state index contributed by atoms with van der Waals surface area (Å²) in [7, 11) is 0. The topological polar surface area (TPSA) is 35.5 Å². The maximum absolute atomic E-state index is 9.24. The SMILES string of the molecule is OCCN(Cc1ccccc1)C(=S)Nc1cccc(Br)c1. The Bertz CT molecular complexity index is 592. The standard InChI is InChI=1S/C16H17BrN2OS/c17-14-7-4-8-15(11-14)18-16(21)19(9-10-20)12-13-5-2-1-3-6-13/h1-8,11,20H,9-10,12H2,(H,18,21). The molecule has 2 N–H and O–H groups in total. The largest absolute Gasteiger partial charge is 0.395 e. The van der Waals surface area contributed by atoms with E-state index in [2.05, 4.69) is 21.2 Å². The molecule has 2 aromatic carbocycles. The smallest absolute Gasteiger partial charge is 0.173 e. The highest BCUT2D eigenvalue weighted by Crippen LogP contribution is 2.16. The minimum atomic E-state index is 0.0626. The van der Waals surface area contributed by atoms with Crippen molar-refractivity contribution < 1.29 is 5.11 Å². The van der Waals surface area contributed by atoms with E-state index < -0.39 is 0 Å². The van der Waals surface area contributed by atoms with Gasteiger partial charge in [-0.25, -0.2) is 0 Å². The molecule has 0 saturated heterocycles. The number of rotatable bonds is 5. The number of nitrogens with one attached hydrogen (secondary N) is 1. The van der Waals surface area contributed by atoms with E-state index in [0.29, 0.717) is 18.2 Å². The van der Waals surface area contributed by atoms with Gasteiger partial charge >= 0.3 is 0 Å². The van der Waals surface area contributed by atoms with Crippen LogP contribution in [0.15, 0.2) is 59.1 Å². The molecule has 21 heavy (non-hydrogen) atoms. The zero-order chi connectivity index (χ0) is 15.1. The van der Waals surface area contributed by atoms with Gasteiger partial charge in [0, 0.05) is 23.2 Å². The third kappa shape index (κ3) is 5.12. The minimum Gasteiger partial charge on any atom is -0.395 e. The van der Waals surface area contributed by atoms with Gasteiger partial charge in [-0.05, 0) is 36.0 Å². The van der Waals surface area contributed by atoms with E-state index in [9.17, 15) is 5.11 Å². The van der Waals surface area contributed by atoms with Crippen molar-refractivity contribution in [2.75, 3.05) is 18.5 Å². The molecule has 0 aliphatic carbocycles. The maximum atomic E-state index is 9.24. The van der Waals surface area contributed by atoms with Crippen LogP contribution in [0.1, 0.15) is 5.56 Å². The van der Waals surface area contributed by atoms with Gasteiger partial charge in [-0.1, -0.05) is 52.3 Å². The quantitative estimate of drug-likeness (QED) is 0.793. The van der Waals surface area contributed by atoms with E-state index in [1.807, 2.05) is 59.5 Å². The van der Waals surface area contributed by atoms with Crippen molar-refractivity contribution in [3.8, 4) is 0 Å². The fourth-order valence-electron chi connectivity index (χ4n) is 1.95. The third-order valence-corrected chi connectivity index (χ3v) is 3.80. The van der Waals surface area contributed by atoms with Crippen LogP contribution >= 0.6 is 28.1 Å². The van der Waals surface area contributed by atoms with Crippen molar-refractivity contribution >= 4 is 38.9 Å². The number of nitrogens with zero attached hydrogens (tertiary/aromatic N) is 1. The number of thiocarbonyl (C=S) groups is 1. The normalized spacial score (nSPS) is 10.2. The van der Waals surface area contributed by atoms with E-state index in [-0.39, 0.29) is 6.61 Å². The molecule has 0 aliphatic heterocycles. The Hall–Kier alpha value is -1.43. The Morgan fingerprint density at radius 1 is 1.14 bits per heavy atom. The molecule has 0 amide bonds. The van der Waals surface area contributed by atoms with E-state index >= 15 is 0 Å². The van der Waals surface area contributed by atoms with Crippen LogP contribution in [0.25, 0.3) is 0 Å². The molecule has 0 aromatic heterocycles. The first-order valence-electron chi connectivity index (χ1n) is 6.65.